The fourth-order valence-corrected chi connectivity index (χ4v) is 3.89. The van der Waals surface area contributed by atoms with Gasteiger partial charge >= 0.3 is 23.0 Å². The van der Waals surface area contributed by atoms with Crippen LogP contribution < -0.4 is 33.0 Å². The Morgan fingerprint density at radius 3 is 0.861 bits per heavy atom. The van der Waals surface area contributed by atoms with E-state index in [1.807, 2.05) is 0 Å². The highest BCUT2D eigenvalue weighted by Crippen LogP contribution is 2.27. The van der Waals surface area contributed by atoms with Crippen LogP contribution in [0, 0.1) is 0 Å². The summed E-state index contributed by atoms with van der Waals surface area (Å²) in [6.45, 7) is 5.27. The van der Waals surface area contributed by atoms with Crippen molar-refractivity contribution in [1.82, 2.24) is 0 Å². The summed E-state index contributed by atoms with van der Waals surface area (Å²) in [5, 5.41) is 0. The van der Waals surface area contributed by atoms with Gasteiger partial charge in [-0.15, -0.1) is 0 Å². The maximum absolute atomic E-state index is 10.8. The molecule has 0 saturated heterocycles. The molecule has 0 aliphatic rings. The lowest BCUT2D eigenvalue weighted by Crippen LogP contribution is -2.08. The number of nitrogens with two attached hydrogens (primary N) is 6. The minimum absolute atomic E-state index is 0.415. The van der Waals surface area contributed by atoms with Gasteiger partial charge in [-0.3, -0.25) is 13.7 Å². The van der Waals surface area contributed by atoms with Crippen molar-refractivity contribution in [3.05, 3.63) is 0 Å². The molecule has 0 atom stereocenters. The molecule has 12 nitrogen and oxygen atoms in total. The number of hydrogen-bond acceptors (Lipinski definition) is 5. The SMILES string of the molecule is CCCCCCCCCCCCOP(N)(N)=O.CCCCCCCCCOP(N)(N)=O.NP(N)(=O)O. The van der Waals surface area contributed by atoms with E-state index in [0.717, 1.165) is 25.7 Å². The quantitative estimate of drug-likeness (QED) is 0.0633. The molecule has 0 unspecified atom stereocenters. The highest BCUT2D eigenvalue weighted by Gasteiger charge is 2.07. The van der Waals surface area contributed by atoms with Gasteiger partial charge in [0.15, 0.2) is 0 Å². The minimum Gasteiger partial charge on any atom is -0.322 e. The first-order chi connectivity index (χ1) is 16.6. The third kappa shape index (κ3) is 59.4. The number of rotatable bonds is 21. The van der Waals surface area contributed by atoms with E-state index in [1.165, 1.54) is 83.5 Å². The second kappa shape index (κ2) is 26.9. The molecule has 222 valence electrons. The Kier molecular flexibility index (Phi) is 30.5. The molecule has 0 amide bonds. The van der Waals surface area contributed by atoms with E-state index in [4.69, 9.17) is 36.0 Å². The van der Waals surface area contributed by atoms with Crippen LogP contribution in [0.15, 0.2) is 0 Å². The molecule has 0 rings (SSSR count). The van der Waals surface area contributed by atoms with Crippen LogP contribution in [0.25, 0.3) is 0 Å². The summed E-state index contributed by atoms with van der Waals surface area (Å²) in [5.74, 6) is 0. The average Bonchev–Trinajstić information content (AvgIpc) is 2.72. The van der Waals surface area contributed by atoms with Crippen LogP contribution in [0.2, 0.25) is 0 Å². The molecule has 0 bridgehead atoms. The van der Waals surface area contributed by atoms with Crippen LogP contribution >= 0.6 is 23.0 Å². The molecule has 0 fully saturated rings. The highest BCUT2D eigenvalue weighted by molar-refractivity contribution is 7.54. The molecule has 0 aromatic rings. The van der Waals surface area contributed by atoms with E-state index >= 15 is 0 Å². The molecule has 0 aromatic heterocycles. The van der Waals surface area contributed by atoms with Gasteiger partial charge in [-0.25, -0.2) is 33.0 Å². The van der Waals surface area contributed by atoms with Crippen molar-refractivity contribution < 1.29 is 27.6 Å². The van der Waals surface area contributed by atoms with Crippen LogP contribution in [0.5, 0.6) is 0 Å². The van der Waals surface area contributed by atoms with Crippen molar-refractivity contribution in [2.24, 2.45) is 33.0 Å². The average molecular weight is 583 g/mol. The van der Waals surface area contributed by atoms with Crippen LogP contribution in [0.4, 0.5) is 0 Å². The van der Waals surface area contributed by atoms with E-state index < -0.39 is 23.0 Å². The Hall–Kier alpha value is 0.330. The van der Waals surface area contributed by atoms with E-state index in [-0.39, 0.29) is 0 Å². The third-order valence-corrected chi connectivity index (χ3v) is 6.00. The van der Waals surface area contributed by atoms with Crippen LogP contribution in [0.1, 0.15) is 123 Å². The first-order valence-corrected chi connectivity index (χ1v) is 18.5. The van der Waals surface area contributed by atoms with Crippen LogP contribution in [-0.4, -0.2) is 18.1 Å². The molecule has 0 aliphatic carbocycles. The Morgan fingerprint density at radius 2 is 0.667 bits per heavy atom. The summed E-state index contributed by atoms with van der Waals surface area (Å²) in [7, 11) is -10.1. The molecule has 0 saturated carbocycles. The molecule has 36 heavy (non-hydrogen) atoms. The Labute approximate surface area is 220 Å². The van der Waals surface area contributed by atoms with Gasteiger partial charge < -0.3 is 13.9 Å². The monoisotopic (exact) mass is 582 g/mol. The van der Waals surface area contributed by atoms with Gasteiger partial charge in [0.25, 0.3) is 0 Å². The van der Waals surface area contributed by atoms with E-state index in [2.05, 4.69) is 24.9 Å². The van der Waals surface area contributed by atoms with Gasteiger partial charge in [0.2, 0.25) is 0 Å². The van der Waals surface area contributed by atoms with Crippen molar-refractivity contribution in [2.75, 3.05) is 13.2 Å². The molecule has 0 heterocycles. The fourth-order valence-electron chi connectivity index (χ4n) is 3.06. The zero-order valence-corrected chi connectivity index (χ0v) is 25.4. The molecular weight excluding hydrogens is 525 g/mol. The van der Waals surface area contributed by atoms with E-state index in [1.54, 1.807) is 0 Å². The van der Waals surface area contributed by atoms with Gasteiger partial charge in [-0.2, -0.15) is 0 Å². The number of hydrogen-bond donors (Lipinski definition) is 7. The first-order valence-electron chi connectivity index (χ1n) is 13.2. The molecule has 15 heteroatoms. The normalized spacial score (nSPS) is 11.9. The summed E-state index contributed by atoms with van der Waals surface area (Å²) in [4.78, 5) is 7.63. The fraction of sp³-hybridized carbons (Fsp3) is 1.00. The van der Waals surface area contributed by atoms with Crippen molar-refractivity contribution in [3.63, 3.8) is 0 Å². The summed E-state index contributed by atoms with van der Waals surface area (Å²) >= 11 is 0. The zero-order chi connectivity index (χ0) is 28.3. The Morgan fingerprint density at radius 1 is 0.472 bits per heavy atom. The van der Waals surface area contributed by atoms with Crippen LogP contribution in [-0.2, 0) is 22.7 Å². The molecule has 0 aromatic carbocycles. The van der Waals surface area contributed by atoms with Crippen molar-refractivity contribution in [2.45, 2.75) is 123 Å². The van der Waals surface area contributed by atoms with Gasteiger partial charge in [0, 0.05) is 0 Å². The molecule has 0 spiro atoms. The van der Waals surface area contributed by atoms with Crippen molar-refractivity contribution in [1.29, 1.82) is 0 Å². The van der Waals surface area contributed by atoms with Gasteiger partial charge in [0.1, 0.15) is 0 Å². The predicted molar refractivity (Wildman–Crippen MR) is 152 cm³/mol. The van der Waals surface area contributed by atoms with Crippen molar-refractivity contribution in [3.8, 4) is 0 Å². The highest BCUT2D eigenvalue weighted by atomic mass is 31.2. The van der Waals surface area contributed by atoms with E-state index in [0.29, 0.717) is 13.2 Å². The van der Waals surface area contributed by atoms with Crippen LogP contribution in [0.3, 0.4) is 0 Å². The van der Waals surface area contributed by atoms with Gasteiger partial charge in [-0.1, -0.05) is 110 Å². The van der Waals surface area contributed by atoms with Gasteiger partial charge in [-0.05, 0) is 12.8 Å². The lowest BCUT2D eigenvalue weighted by molar-refractivity contribution is 0.301. The summed E-state index contributed by atoms with van der Waals surface area (Å²) in [6.07, 6.45) is 21.0. The summed E-state index contributed by atoms with van der Waals surface area (Å²) in [5.41, 5.74) is 28.7. The molecular formula is C21H57N6O6P3. The van der Waals surface area contributed by atoms with Crippen molar-refractivity contribution >= 4 is 23.0 Å². The lowest BCUT2D eigenvalue weighted by Gasteiger charge is -2.07. The molecule has 0 radical (unpaired) electrons. The smallest absolute Gasteiger partial charge is 0.322 e. The predicted octanol–water partition coefficient (Wildman–Crippen LogP) is 5.73. The maximum atomic E-state index is 10.8. The Bertz CT molecular complexity index is 592. The first kappa shape index (κ1) is 40.8. The second-order valence-electron chi connectivity index (χ2n) is 8.93. The lowest BCUT2D eigenvalue weighted by atomic mass is 10.1. The third-order valence-electron chi connectivity index (χ3n) is 4.83. The largest absolute Gasteiger partial charge is 0.335 e. The standard InChI is InChI=1S/C12H29N2O2P.C9H23N2O2P.H5N2O2P/c1-2-3-4-5-6-7-8-9-10-11-12-16-17(13,14)15;1-2-3-4-5-6-7-8-9-13-14(10,11)12;1-5(2,3)4/h2-12H2,1H3,(H4,13,14,15);2-9H2,1H3,(H4,10,11,12);(H5,1,2,3,4). The maximum Gasteiger partial charge on any atom is 0.335 e. The number of unbranched alkanes of at least 4 members (excludes halogenated alkanes) is 15. The Balaban J connectivity index is -0.000000515. The topological polar surface area (TPSA) is 246 Å². The van der Waals surface area contributed by atoms with E-state index in [9.17, 15) is 13.7 Å². The minimum atomic E-state index is -3.64. The molecule has 0 aliphatic heterocycles. The molecule has 13 N–H and O–H groups in total. The summed E-state index contributed by atoms with van der Waals surface area (Å²) < 4.78 is 40.4. The second-order valence-corrected chi connectivity index (χ2v) is 13.4. The van der Waals surface area contributed by atoms with Gasteiger partial charge in [0.05, 0.1) is 13.2 Å². The summed E-state index contributed by atoms with van der Waals surface area (Å²) in [6, 6.07) is 0. The zero-order valence-electron chi connectivity index (χ0n) is 22.7.